The number of nitrogens with one attached hydrogen (secondary N) is 1. The number of halogens is 1. The summed E-state index contributed by atoms with van der Waals surface area (Å²) in [5, 5.41) is 0. The van der Waals surface area contributed by atoms with Gasteiger partial charge in [0, 0.05) is 23.3 Å². The average Bonchev–Trinajstić information content (AvgIpc) is 2.82. The molecule has 0 unspecified atom stereocenters. The number of H-pyrrole nitrogens is 1. The van der Waals surface area contributed by atoms with Crippen LogP contribution in [0.15, 0.2) is 18.3 Å². The van der Waals surface area contributed by atoms with Gasteiger partial charge in [0.15, 0.2) is 4.77 Å². The molecule has 0 aliphatic rings. The van der Waals surface area contributed by atoms with E-state index < -0.39 is 0 Å². The van der Waals surface area contributed by atoms with Crippen LogP contribution in [0.2, 0.25) is 4.34 Å². The maximum absolute atomic E-state index is 5.92. The van der Waals surface area contributed by atoms with Gasteiger partial charge in [-0.15, -0.1) is 11.3 Å². The Morgan fingerprint density at radius 1 is 1.47 bits per heavy atom. The van der Waals surface area contributed by atoms with Crippen LogP contribution in [0.25, 0.3) is 0 Å². The molecule has 2 nitrogen and oxygen atoms in total. The van der Waals surface area contributed by atoms with Gasteiger partial charge in [-0.05, 0) is 36.7 Å². The third kappa shape index (κ3) is 3.00. The standard InChI is InChI=1S/C12H15ClN2S2/c1-8(2)10-7-14-12(16)15(10)6-5-9-3-4-11(13)17-9/h3-4,7-8H,5-6H2,1-2H3,(H,14,16). The monoisotopic (exact) mass is 286 g/mol. The molecule has 0 bridgehead atoms. The highest BCUT2D eigenvalue weighted by molar-refractivity contribution is 7.71. The largest absolute Gasteiger partial charge is 0.337 e. The van der Waals surface area contributed by atoms with Crippen LogP contribution in [0.4, 0.5) is 0 Å². The van der Waals surface area contributed by atoms with Crippen molar-refractivity contribution < 1.29 is 0 Å². The normalized spacial score (nSPS) is 11.3. The second-order valence-corrected chi connectivity index (χ2v) is 6.47. The second kappa shape index (κ2) is 5.38. The summed E-state index contributed by atoms with van der Waals surface area (Å²) in [7, 11) is 0. The topological polar surface area (TPSA) is 20.7 Å². The molecule has 0 saturated heterocycles. The summed E-state index contributed by atoms with van der Waals surface area (Å²) in [4.78, 5) is 4.41. The molecule has 0 spiro atoms. The summed E-state index contributed by atoms with van der Waals surface area (Å²) < 4.78 is 3.83. The zero-order chi connectivity index (χ0) is 12.4. The molecule has 0 aromatic carbocycles. The highest BCUT2D eigenvalue weighted by Crippen LogP contribution is 2.23. The van der Waals surface area contributed by atoms with E-state index in [4.69, 9.17) is 23.8 Å². The van der Waals surface area contributed by atoms with Gasteiger partial charge >= 0.3 is 0 Å². The molecule has 2 aromatic rings. The molecule has 92 valence electrons. The minimum Gasteiger partial charge on any atom is -0.337 e. The third-order valence-electron chi connectivity index (χ3n) is 2.70. The molecule has 5 heteroatoms. The summed E-state index contributed by atoms with van der Waals surface area (Å²) >= 11 is 12.9. The van der Waals surface area contributed by atoms with Crippen molar-refractivity contribution in [1.29, 1.82) is 0 Å². The maximum atomic E-state index is 5.92. The molecule has 0 fully saturated rings. The average molecular weight is 287 g/mol. The van der Waals surface area contributed by atoms with Gasteiger partial charge in [-0.3, -0.25) is 0 Å². The van der Waals surface area contributed by atoms with E-state index in [-0.39, 0.29) is 0 Å². The molecule has 2 rings (SSSR count). The van der Waals surface area contributed by atoms with E-state index in [1.54, 1.807) is 11.3 Å². The summed E-state index contributed by atoms with van der Waals surface area (Å²) in [6.45, 7) is 5.26. The van der Waals surface area contributed by atoms with Crippen LogP contribution in [-0.4, -0.2) is 9.55 Å². The Morgan fingerprint density at radius 2 is 2.24 bits per heavy atom. The van der Waals surface area contributed by atoms with Crippen molar-refractivity contribution in [3.63, 3.8) is 0 Å². The number of aromatic amines is 1. The van der Waals surface area contributed by atoms with Gasteiger partial charge in [0.25, 0.3) is 0 Å². The van der Waals surface area contributed by atoms with E-state index in [1.807, 2.05) is 12.3 Å². The summed E-state index contributed by atoms with van der Waals surface area (Å²) in [5.74, 6) is 0.481. The molecule has 0 amide bonds. The number of hydrogen-bond acceptors (Lipinski definition) is 2. The Morgan fingerprint density at radius 3 is 2.82 bits per heavy atom. The zero-order valence-electron chi connectivity index (χ0n) is 9.87. The van der Waals surface area contributed by atoms with Crippen LogP contribution >= 0.6 is 35.2 Å². The molecule has 2 heterocycles. The first-order valence-corrected chi connectivity index (χ1v) is 7.20. The Kier molecular flexibility index (Phi) is 4.07. The number of rotatable bonds is 4. The fourth-order valence-electron chi connectivity index (χ4n) is 1.83. The molecule has 17 heavy (non-hydrogen) atoms. The van der Waals surface area contributed by atoms with Crippen LogP contribution in [0.1, 0.15) is 30.3 Å². The van der Waals surface area contributed by atoms with Gasteiger partial charge < -0.3 is 9.55 Å². The number of nitrogens with zero attached hydrogens (tertiary/aromatic N) is 1. The van der Waals surface area contributed by atoms with Crippen molar-refractivity contribution in [1.82, 2.24) is 9.55 Å². The van der Waals surface area contributed by atoms with Gasteiger partial charge in [-0.25, -0.2) is 0 Å². The molecule has 0 saturated carbocycles. The highest BCUT2D eigenvalue weighted by atomic mass is 35.5. The van der Waals surface area contributed by atoms with E-state index in [0.717, 1.165) is 22.1 Å². The Hall–Kier alpha value is -0.580. The Bertz CT molecular complexity index is 551. The molecule has 0 atom stereocenters. The predicted molar refractivity (Wildman–Crippen MR) is 76.7 cm³/mol. The third-order valence-corrected chi connectivity index (χ3v) is 4.33. The second-order valence-electron chi connectivity index (χ2n) is 4.28. The van der Waals surface area contributed by atoms with E-state index in [9.17, 15) is 0 Å². The zero-order valence-corrected chi connectivity index (χ0v) is 12.3. The molecule has 0 aliphatic heterocycles. The smallest absolute Gasteiger partial charge is 0.177 e. The number of aryl methyl sites for hydroxylation is 1. The van der Waals surface area contributed by atoms with Crippen LogP contribution < -0.4 is 0 Å². The number of hydrogen-bond donors (Lipinski definition) is 1. The van der Waals surface area contributed by atoms with Crippen LogP contribution in [0.3, 0.4) is 0 Å². The Labute approximate surface area is 115 Å². The number of thiophene rings is 1. The lowest BCUT2D eigenvalue weighted by Gasteiger charge is -2.10. The fourth-order valence-corrected chi connectivity index (χ4v) is 3.16. The van der Waals surface area contributed by atoms with Crippen molar-refractivity contribution in [3.05, 3.63) is 38.0 Å². The SMILES string of the molecule is CC(C)c1c[nH]c(=S)n1CCc1ccc(Cl)s1. The van der Waals surface area contributed by atoms with E-state index >= 15 is 0 Å². The number of imidazole rings is 1. The van der Waals surface area contributed by atoms with Gasteiger partial charge in [-0.2, -0.15) is 0 Å². The van der Waals surface area contributed by atoms with E-state index in [2.05, 4.69) is 29.5 Å². The van der Waals surface area contributed by atoms with Crippen molar-refractivity contribution >= 4 is 35.2 Å². The lowest BCUT2D eigenvalue weighted by Crippen LogP contribution is -2.06. The lowest BCUT2D eigenvalue weighted by atomic mass is 10.1. The predicted octanol–water partition coefficient (Wildman–Crippen LogP) is 4.63. The molecular weight excluding hydrogens is 272 g/mol. The highest BCUT2D eigenvalue weighted by Gasteiger charge is 2.08. The molecule has 0 aliphatic carbocycles. The van der Waals surface area contributed by atoms with Crippen LogP contribution in [0.5, 0.6) is 0 Å². The Balaban J connectivity index is 2.13. The fraction of sp³-hybridized carbons (Fsp3) is 0.417. The van der Waals surface area contributed by atoms with Crippen LogP contribution in [0, 0.1) is 4.77 Å². The van der Waals surface area contributed by atoms with Crippen molar-refractivity contribution in [2.24, 2.45) is 0 Å². The van der Waals surface area contributed by atoms with Crippen molar-refractivity contribution in [3.8, 4) is 0 Å². The summed E-state index contributed by atoms with van der Waals surface area (Å²) in [6.07, 6.45) is 2.98. The molecular formula is C12H15ClN2S2. The van der Waals surface area contributed by atoms with E-state index in [0.29, 0.717) is 5.92 Å². The summed E-state index contributed by atoms with van der Waals surface area (Å²) in [6, 6.07) is 4.03. The quantitative estimate of drug-likeness (QED) is 0.813. The van der Waals surface area contributed by atoms with Gasteiger partial charge in [0.1, 0.15) is 0 Å². The van der Waals surface area contributed by atoms with Crippen LogP contribution in [-0.2, 0) is 13.0 Å². The summed E-state index contributed by atoms with van der Waals surface area (Å²) in [5.41, 5.74) is 1.26. The minimum atomic E-state index is 0.481. The minimum absolute atomic E-state index is 0.481. The molecule has 0 radical (unpaired) electrons. The van der Waals surface area contributed by atoms with Gasteiger partial charge in [-0.1, -0.05) is 25.4 Å². The van der Waals surface area contributed by atoms with E-state index in [1.165, 1.54) is 10.6 Å². The first kappa shape index (κ1) is 12.9. The molecule has 1 N–H and O–H groups in total. The molecule has 2 aromatic heterocycles. The van der Waals surface area contributed by atoms with Crippen molar-refractivity contribution in [2.45, 2.75) is 32.7 Å². The van der Waals surface area contributed by atoms with Crippen molar-refractivity contribution in [2.75, 3.05) is 0 Å². The number of aromatic nitrogens is 2. The lowest BCUT2D eigenvalue weighted by molar-refractivity contribution is 0.630. The van der Waals surface area contributed by atoms with Gasteiger partial charge in [0.2, 0.25) is 0 Å². The first-order chi connectivity index (χ1) is 8.08. The maximum Gasteiger partial charge on any atom is 0.177 e. The van der Waals surface area contributed by atoms with Gasteiger partial charge in [0.05, 0.1) is 4.34 Å². The first-order valence-electron chi connectivity index (χ1n) is 5.60.